The van der Waals surface area contributed by atoms with Crippen molar-refractivity contribution in [3.63, 3.8) is 0 Å². The Labute approximate surface area is 118 Å². The van der Waals surface area contributed by atoms with Gasteiger partial charge in [-0.25, -0.2) is 0 Å². The van der Waals surface area contributed by atoms with E-state index in [-0.39, 0.29) is 0 Å². The van der Waals surface area contributed by atoms with Gasteiger partial charge in [-0.3, -0.25) is 9.69 Å². The van der Waals surface area contributed by atoms with E-state index in [1.165, 1.54) is 70.6 Å². The second kappa shape index (κ2) is 8.73. The zero-order valence-corrected chi connectivity index (χ0v) is 12.5. The maximum atomic E-state index is 11.4. The fraction of sp³-hybridized carbons (Fsp3) is 0.941. The molecular weight excluding hydrogens is 234 g/mol. The van der Waals surface area contributed by atoms with E-state index in [1.807, 2.05) is 0 Å². The first-order valence-corrected chi connectivity index (χ1v) is 8.62. The van der Waals surface area contributed by atoms with Gasteiger partial charge in [-0.15, -0.1) is 0 Å². The van der Waals surface area contributed by atoms with E-state index >= 15 is 0 Å². The molecule has 1 heterocycles. The molecule has 1 saturated carbocycles. The molecule has 2 aliphatic rings. The second-order valence-electron chi connectivity index (χ2n) is 6.49. The highest BCUT2D eigenvalue weighted by atomic mass is 16.1. The highest BCUT2D eigenvalue weighted by molar-refractivity contribution is 5.79. The van der Waals surface area contributed by atoms with Crippen LogP contribution in [0.5, 0.6) is 0 Å². The zero-order valence-electron chi connectivity index (χ0n) is 12.5. The lowest BCUT2D eigenvalue weighted by atomic mass is 9.95. The number of carbonyl (C=O) groups excluding carboxylic acids is 1. The Hall–Kier alpha value is -0.370. The molecule has 1 saturated heterocycles. The van der Waals surface area contributed by atoms with Crippen molar-refractivity contribution < 1.29 is 4.79 Å². The van der Waals surface area contributed by atoms with Gasteiger partial charge in [0.15, 0.2) is 0 Å². The Bertz CT molecular complexity index is 242. The van der Waals surface area contributed by atoms with E-state index in [9.17, 15) is 4.79 Å². The third-order valence-electron chi connectivity index (χ3n) is 4.95. The number of likely N-dealkylation sites (tertiary alicyclic amines) is 1. The molecule has 0 aromatic carbocycles. The molecule has 2 nitrogen and oxygen atoms in total. The monoisotopic (exact) mass is 265 g/mol. The molecular formula is C17H31NO. The molecule has 0 aromatic heterocycles. The third-order valence-corrected chi connectivity index (χ3v) is 4.95. The molecule has 0 N–H and O–H groups in total. The average molecular weight is 265 g/mol. The van der Waals surface area contributed by atoms with Gasteiger partial charge in [-0.05, 0) is 12.8 Å². The van der Waals surface area contributed by atoms with Crippen LogP contribution in [0.1, 0.15) is 83.5 Å². The van der Waals surface area contributed by atoms with E-state index in [2.05, 4.69) is 4.90 Å². The highest BCUT2D eigenvalue weighted by Gasteiger charge is 2.23. The predicted molar refractivity (Wildman–Crippen MR) is 80.4 cm³/mol. The number of rotatable bonds is 1. The minimum atomic E-state index is 0.476. The molecule has 2 fully saturated rings. The summed E-state index contributed by atoms with van der Waals surface area (Å²) in [7, 11) is 0. The van der Waals surface area contributed by atoms with Gasteiger partial charge in [0.1, 0.15) is 5.78 Å². The van der Waals surface area contributed by atoms with Crippen LogP contribution in [0.2, 0.25) is 0 Å². The van der Waals surface area contributed by atoms with Gasteiger partial charge in [0.25, 0.3) is 0 Å². The first kappa shape index (κ1) is 15.0. The van der Waals surface area contributed by atoms with Gasteiger partial charge in [-0.2, -0.15) is 0 Å². The number of hydrogen-bond acceptors (Lipinski definition) is 2. The fourth-order valence-corrected chi connectivity index (χ4v) is 3.65. The molecule has 1 aliphatic carbocycles. The van der Waals surface area contributed by atoms with Gasteiger partial charge in [0, 0.05) is 32.0 Å². The Morgan fingerprint density at radius 3 is 1.58 bits per heavy atom. The molecule has 0 radical (unpaired) electrons. The molecule has 19 heavy (non-hydrogen) atoms. The van der Waals surface area contributed by atoms with Crippen molar-refractivity contribution in [1.29, 1.82) is 0 Å². The van der Waals surface area contributed by atoms with Gasteiger partial charge in [-0.1, -0.05) is 57.8 Å². The summed E-state index contributed by atoms with van der Waals surface area (Å²) in [6, 6.07) is 0.771. The molecule has 110 valence electrons. The molecule has 2 heteroatoms. The van der Waals surface area contributed by atoms with Crippen LogP contribution < -0.4 is 0 Å². The van der Waals surface area contributed by atoms with Gasteiger partial charge >= 0.3 is 0 Å². The van der Waals surface area contributed by atoms with Crippen molar-refractivity contribution in [2.24, 2.45) is 0 Å². The summed E-state index contributed by atoms with van der Waals surface area (Å²) in [6.45, 7) is 2.06. The fourth-order valence-electron chi connectivity index (χ4n) is 3.65. The summed E-state index contributed by atoms with van der Waals surface area (Å²) in [6.07, 6.45) is 17.2. The van der Waals surface area contributed by atoms with Crippen molar-refractivity contribution >= 4 is 5.78 Å². The summed E-state index contributed by atoms with van der Waals surface area (Å²) in [4.78, 5) is 14.0. The van der Waals surface area contributed by atoms with Gasteiger partial charge < -0.3 is 0 Å². The van der Waals surface area contributed by atoms with Crippen LogP contribution in [-0.2, 0) is 4.79 Å². The Kier molecular flexibility index (Phi) is 6.91. The summed E-state index contributed by atoms with van der Waals surface area (Å²) in [5, 5.41) is 0. The lowest BCUT2D eigenvalue weighted by Gasteiger charge is -2.34. The molecule has 0 atom stereocenters. The number of Topliss-reactive ketones (excluding diaryl/α,β-unsaturated/α-hetero) is 1. The number of hydrogen-bond donors (Lipinski definition) is 0. The van der Waals surface area contributed by atoms with Crippen LogP contribution in [0.25, 0.3) is 0 Å². The van der Waals surface area contributed by atoms with E-state index < -0.39 is 0 Å². The van der Waals surface area contributed by atoms with E-state index in [1.54, 1.807) is 0 Å². The second-order valence-corrected chi connectivity index (χ2v) is 6.49. The minimum absolute atomic E-state index is 0.476. The summed E-state index contributed by atoms with van der Waals surface area (Å²) in [5.41, 5.74) is 0. The van der Waals surface area contributed by atoms with Crippen molar-refractivity contribution in [1.82, 2.24) is 4.90 Å². The van der Waals surface area contributed by atoms with Crippen LogP contribution >= 0.6 is 0 Å². The van der Waals surface area contributed by atoms with Crippen molar-refractivity contribution in [3.8, 4) is 0 Å². The first-order chi connectivity index (χ1) is 9.36. The maximum absolute atomic E-state index is 11.4. The van der Waals surface area contributed by atoms with Crippen molar-refractivity contribution in [3.05, 3.63) is 0 Å². The lowest BCUT2D eigenvalue weighted by molar-refractivity contribution is -0.122. The Balaban J connectivity index is 1.79. The van der Waals surface area contributed by atoms with E-state index in [0.29, 0.717) is 5.78 Å². The molecule has 0 bridgehead atoms. The molecule has 2 rings (SSSR count). The largest absolute Gasteiger partial charge is 0.300 e. The standard InChI is InChI=1S/C17H31NO/c19-17-12-14-18(15-13-17)16-10-8-6-4-2-1-3-5-7-9-11-16/h16H,1-15H2. The Morgan fingerprint density at radius 2 is 1.11 bits per heavy atom. The number of piperidine rings is 1. The van der Waals surface area contributed by atoms with Crippen LogP contribution in [0.15, 0.2) is 0 Å². The Morgan fingerprint density at radius 1 is 0.684 bits per heavy atom. The van der Waals surface area contributed by atoms with E-state index in [4.69, 9.17) is 0 Å². The predicted octanol–water partition coefficient (Wildman–Crippen LogP) is 4.32. The number of carbonyl (C=O) groups is 1. The SMILES string of the molecule is O=C1CCN(C2CCCCCCCCCCC2)CC1. The van der Waals surface area contributed by atoms with Crippen LogP contribution in [0, 0.1) is 0 Å². The smallest absolute Gasteiger partial charge is 0.135 e. The van der Waals surface area contributed by atoms with Crippen LogP contribution in [0.4, 0.5) is 0 Å². The van der Waals surface area contributed by atoms with E-state index in [0.717, 1.165) is 32.0 Å². The summed E-state index contributed by atoms with van der Waals surface area (Å²) < 4.78 is 0. The number of ketones is 1. The van der Waals surface area contributed by atoms with Gasteiger partial charge in [0.2, 0.25) is 0 Å². The minimum Gasteiger partial charge on any atom is -0.300 e. The average Bonchev–Trinajstić information content (AvgIpc) is 2.41. The molecule has 1 aliphatic heterocycles. The zero-order chi connectivity index (χ0) is 13.3. The topological polar surface area (TPSA) is 20.3 Å². The normalized spacial score (nSPS) is 26.6. The third kappa shape index (κ3) is 5.64. The molecule has 0 unspecified atom stereocenters. The lowest BCUT2D eigenvalue weighted by Crippen LogP contribution is -2.41. The highest BCUT2D eigenvalue weighted by Crippen LogP contribution is 2.22. The molecule has 0 spiro atoms. The quantitative estimate of drug-likeness (QED) is 0.703. The molecule has 0 aromatic rings. The van der Waals surface area contributed by atoms with Gasteiger partial charge in [0.05, 0.1) is 0 Å². The van der Waals surface area contributed by atoms with Crippen LogP contribution in [-0.4, -0.2) is 29.8 Å². The number of nitrogens with zero attached hydrogens (tertiary/aromatic N) is 1. The van der Waals surface area contributed by atoms with Crippen molar-refractivity contribution in [2.45, 2.75) is 89.5 Å². The first-order valence-electron chi connectivity index (χ1n) is 8.62. The van der Waals surface area contributed by atoms with Crippen LogP contribution in [0.3, 0.4) is 0 Å². The molecule has 0 amide bonds. The summed E-state index contributed by atoms with van der Waals surface area (Å²) >= 11 is 0. The summed E-state index contributed by atoms with van der Waals surface area (Å²) in [5.74, 6) is 0.476. The van der Waals surface area contributed by atoms with Crippen molar-refractivity contribution in [2.75, 3.05) is 13.1 Å². The maximum Gasteiger partial charge on any atom is 0.135 e.